The lowest BCUT2D eigenvalue weighted by atomic mass is 9.95. The third-order valence-electron chi connectivity index (χ3n) is 6.96. The molecule has 204 valence electrons. The molecule has 4 heterocycles. The zero-order valence-electron chi connectivity index (χ0n) is 21.7. The van der Waals surface area contributed by atoms with E-state index in [0.29, 0.717) is 36.5 Å². The molecule has 0 saturated carbocycles. The number of hydrogen-bond donors (Lipinski definition) is 2. The van der Waals surface area contributed by atoms with Crippen molar-refractivity contribution in [2.24, 2.45) is 13.0 Å². The highest BCUT2D eigenvalue weighted by atomic mass is 35.5. The van der Waals surface area contributed by atoms with Crippen LogP contribution in [0.2, 0.25) is 5.02 Å². The molecule has 1 saturated heterocycles. The molecule has 40 heavy (non-hydrogen) atoms. The van der Waals surface area contributed by atoms with E-state index in [1.54, 1.807) is 48.4 Å². The average Bonchev–Trinajstić information content (AvgIpc) is 3.34. The number of amides is 1. The Morgan fingerprint density at radius 3 is 2.62 bits per heavy atom. The van der Waals surface area contributed by atoms with Gasteiger partial charge in [0.2, 0.25) is 0 Å². The second-order valence-electron chi connectivity index (χ2n) is 9.78. The van der Waals surface area contributed by atoms with Gasteiger partial charge in [0.15, 0.2) is 0 Å². The summed E-state index contributed by atoms with van der Waals surface area (Å²) in [5.74, 6) is -1.85. The minimum Gasteiger partial charge on any atom is -0.480 e. The summed E-state index contributed by atoms with van der Waals surface area (Å²) in [6.45, 7) is 1.49. The zero-order chi connectivity index (χ0) is 28.4. The van der Waals surface area contributed by atoms with Gasteiger partial charge in [-0.3, -0.25) is 23.6 Å². The van der Waals surface area contributed by atoms with Crippen LogP contribution in [0.4, 0.5) is 0 Å². The molecule has 0 unspecified atom stereocenters. The molecule has 0 bridgehead atoms. The van der Waals surface area contributed by atoms with E-state index >= 15 is 0 Å². The molecule has 2 N–H and O–H groups in total. The van der Waals surface area contributed by atoms with Gasteiger partial charge in [-0.15, -0.1) is 0 Å². The van der Waals surface area contributed by atoms with E-state index in [1.807, 2.05) is 6.20 Å². The summed E-state index contributed by atoms with van der Waals surface area (Å²) in [5.41, 5.74) is 2.43. The van der Waals surface area contributed by atoms with Crippen molar-refractivity contribution in [1.82, 2.24) is 29.5 Å². The van der Waals surface area contributed by atoms with Crippen LogP contribution in [0.5, 0.6) is 0 Å². The van der Waals surface area contributed by atoms with Gasteiger partial charge in [-0.05, 0) is 35.7 Å². The molecule has 0 aliphatic carbocycles. The van der Waals surface area contributed by atoms with Crippen LogP contribution in [0.15, 0.2) is 53.7 Å². The summed E-state index contributed by atoms with van der Waals surface area (Å²) in [6, 6.07) is 10.7. The molecule has 1 aliphatic heterocycles. The quantitative estimate of drug-likeness (QED) is 0.318. The predicted octanol–water partition coefficient (Wildman–Crippen LogP) is 2.46. The van der Waals surface area contributed by atoms with Gasteiger partial charge in [-0.2, -0.15) is 10.4 Å². The first-order valence-electron chi connectivity index (χ1n) is 12.6. The highest BCUT2D eigenvalue weighted by Gasteiger charge is 2.27. The topological polar surface area (TPSA) is 146 Å². The second-order valence-corrected chi connectivity index (χ2v) is 10.2. The molecule has 0 atom stereocenters. The summed E-state index contributed by atoms with van der Waals surface area (Å²) < 4.78 is 2.69. The highest BCUT2D eigenvalue weighted by molar-refractivity contribution is 6.30. The van der Waals surface area contributed by atoms with Crippen molar-refractivity contribution in [2.75, 3.05) is 19.6 Å². The van der Waals surface area contributed by atoms with Gasteiger partial charge in [0.1, 0.15) is 17.8 Å². The van der Waals surface area contributed by atoms with Crippen molar-refractivity contribution >= 4 is 34.5 Å². The number of nitriles is 1. The van der Waals surface area contributed by atoms with Crippen molar-refractivity contribution in [3.63, 3.8) is 0 Å². The normalized spacial score (nSPS) is 13.6. The molecule has 1 amide bonds. The number of hydrogen-bond acceptors (Lipinski definition) is 7. The van der Waals surface area contributed by atoms with Crippen LogP contribution in [0, 0.1) is 17.2 Å². The van der Waals surface area contributed by atoms with Crippen LogP contribution in [-0.2, 0) is 31.4 Å². The highest BCUT2D eigenvalue weighted by Crippen LogP contribution is 2.30. The van der Waals surface area contributed by atoms with E-state index < -0.39 is 24.0 Å². The Hall–Kier alpha value is -4.53. The maximum Gasteiger partial charge on any atom is 0.323 e. The van der Waals surface area contributed by atoms with E-state index in [4.69, 9.17) is 16.9 Å². The first-order chi connectivity index (χ1) is 19.2. The number of benzene rings is 1. The van der Waals surface area contributed by atoms with E-state index in [0.717, 1.165) is 26.8 Å². The van der Waals surface area contributed by atoms with Crippen molar-refractivity contribution in [3.05, 3.63) is 81.0 Å². The van der Waals surface area contributed by atoms with Crippen molar-refractivity contribution < 1.29 is 14.7 Å². The number of carboxylic acid groups (broad SMARTS) is 1. The third-order valence-corrected chi connectivity index (χ3v) is 7.22. The molecule has 4 aromatic rings. The Morgan fingerprint density at radius 2 is 1.98 bits per heavy atom. The Labute approximate surface area is 234 Å². The SMILES string of the molecule is Cn1cc(-c2cnc3c(cc(C(=O)NCc4ccc(Cl)cc4)c(=O)n3CC(=O)O)c2CCN2CC(C#N)C2)cn1. The molecule has 0 radical (unpaired) electrons. The van der Waals surface area contributed by atoms with Gasteiger partial charge in [-0.1, -0.05) is 23.7 Å². The van der Waals surface area contributed by atoms with Gasteiger partial charge in [0.05, 0.1) is 18.2 Å². The van der Waals surface area contributed by atoms with E-state index in [1.165, 1.54) is 6.07 Å². The first kappa shape index (κ1) is 27.1. The molecule has 12 heteroatoms. The summed E-state index contributed by atoms with van der Waals surface area (Å²) in [5, 5.41) is 26.8. The van der Waals surface area contributed by atoms with Gasteiger partial charge < -0.3 is 15.3 Å². The maximum absolute atomic E-state index is 13.4. The van der Waals surface area contributed by atoms with Gasteiger partial charge >= 0.3 is 5.97 Å². The minimum atomic E-state index is -1.23. The fraction of sp³-hybridized carbons (Fsp3) is 0.286. The van der Waals surface area contributed by atoms with Crippen molar-refractivity contribution in [1.29, 1.82) is 5.26 Å². The molecule has 1 aromatic carbocycles. The third kappa shape index (κ3) is 5.59. The van der Waals surface area contributed by atoms with E-state index in [-0.39, 0.29) is 23.7 Å². The molecular weight excluding hydrogens is 534 g/mol. The van der Waals surface area contributed by atoms with Crippen LogP contribution in [0.1, 0.15) is 21.5 Å². The van der Waals surface area contributed by atoms with Gasteiger partial charge in [-0.25, -0.2) is 4.98 Å². The predicted molar refractivity (Wildman–Crippen MR) is 148 cm³/mol. The number of fused-ring (bicyclic) bond motifs is 1. The lowest BCUT2D eigenvalue weighted by Gasteiger charge is -2.35. The van der Waals surface area contributed by atoms with Crippen LogP contribution in [0.25, 0.3) is 22.2 Å². The number of likely N-dealkylation sites (tertiary alicyclic amines) is 1. The summed E-state index contributed by atoms with van der Waals surface area (Å²) in [4.78, 5) is 45.1. The lowest BCUT2D eigenvalue weighted by molar-refractivity contribution is -0.137. The van der Waals surface area contributed by atoms with Gasteiger partial charge in [0.25, 0.3) is 11.5 Å². The Bertz CT molecular complexity index is 1700. The second kappa shape index (κ2) is 11.3. The van der Waals surface area contributed by atoms with Crippen LogP contribution < -0.4 is 10.9 Å². The fourth-order valence-corrected chi connectivity index (χ4v) is 5.00. The van der Waals surface area contributed by atoms with Crippen LogP contribution in [-0.4, -0.2) is 60.8 Å². The number of aliphatic carboxylic acids is 1. The van der Waals surface area contributed by atoms with E-state index in [9.17, 15) is 19.5 Å². The van der Waals surface area contributed by atoms with Crippen LogP contribution in [0.3, 0.4) is 0 Å². The lowest BCUT2D eigenvalue weighted by Crippen LogP contribution is -2.46. The largest absolute Gasteiger partial charge is 0.480 e. The number of rotatable bonds is 9. The molecule has 5 rings (SSSR count). The molecule has 1 fully saturated rings. The Balaban J connectivity index is 1.59. The van der Waals surface area contributed by atoms with Crippen molar-refractivity contribution in [3.8, 4) is 17.2 Å². The minimum absolute atomic E-state index is 0.00339. The number of carboxylic acids is 1. The number of nitrogens with one attached hydrogen (secondary N) is 1. The molecule has 3 aromatic heterocycles. The van der Waals surface area contributed by atoms with E-state index in [2.05, 4.69) is 26.4 Å². The molecule has 1 aliphatic rings. The number of carbonyl (C=O) groups excluding carboxylic acids is 1. The number of aryl methyl sites for hydroxylation is 1. The summed E-state index contributed by atoms with van der Waals surface area (Å²) in [7, 11) is 1.80. The summed E-state index contributed by atoms with van der Waals surface area (Å²) >= 11 is 5.94. The number of aromatic nitrogens is 4. The Kier molecular flexibility index (Phi) is 7.64. The fourth-order valence-electron chi connectivity index (χ4n) is 4.87. The summed E-state index contributed by atoms with van der Waals surface area (Å²) in [6.07, 6.45) is 5.68. The van der Waals surface area contributed by atoms with Crippen molar-refractivity contribution in [2.45, 2.75) is 19.5 Å². The number of nitrogens with zero attached hydrogens (tertiary/aromatic N) is 6. The van der Waals surface area contributed by atoms with Gasteiger partial charge in [0, 0.05) is 67.2 Å². The smallest absolute Gasteiger partial charge is 0.323 e. The molecular formula is C28H26ClN7O4. The Morgan fingerprint density at radius 1 is 1.23 bits per heavy atom. The number of carbonyl (C=O) groups is 2. The standard InChI is InChI=1S/C28H26ClN7O4/c1-34-15-19(11-33-34)24-12-31-26-22(21(24)6-7-35-13-18(9-30)14-35)8-23(28(40)36(26)16-25(37)38)27(39)32-10-17-2-4-20(29)5-3-17/h2-5,8,11-12,15,18H,6-7,10,13-14,16H2,1H3,(H,32,39)(H,37,38). The maximum atomic E-state index is 13.4. The monoisotopic (exact) mass is 559 g/mol. The average molecular weight is 560 g/mol. The number of halogens is 1. The number of pyridine rings is 2. The van der Waals surface area contributed by atoms with Crippen LogP contribution >= 0.6 is 11.6 Å². The molecule has 0 spiro atoms. The molecule has 11 nitrogen and oxygen atoms in total. The first-order valence-corrected chi connectivity index (χ1v) is 13.0. The zero-order valence-corrected chi connectivity index (χ0v) is 22.4.